The van der Waals surface area contributed by atoms with Gasteiger partial charge in [-0.1, -0.05) is 6.92 Å². The molecule has 1 N–H and O–H groups in total. The summed E-state index contributed by atoms with van der Waals surface area (Å²) in [7, 11) is 1.68. The Morgan fingerprint density at radius 1 is 1.35 bits per heavy atom. The lowest BCUT2D eigenvalue weighted by Crippen LogP contribution is -2.50. The van der Waals surface area contributed by atoms with Crippen LogP contribution in [0.2, 0.25) is 0 Å². The summed E-state index contributed by atoms with van der Waals surface area (Å²) in [6, 6.07) is 0. The molecule has 1 atom stereocenters. The Hall–Kier alpha value is -0.750. The first kappa shape index (κ1) is 19.2. The summed E-state index contributed by atoms with van der Waals surface area (Å²) in [6.07, 6.45) is -0.0895. The summed E-state index contributed by atoms with van der Waals surface area (Å²) >= 11 is 0. The number of halogens is 2. The number of esters is 1. The van der Waals surface area contributed by atoms with Gasteiger partial charge in [-0.3, -0.25) is 4.79 Å². The molecule has 0 aromatic carbocycles. The predicted molar refractivity (Wildman–Crippen MR) is 76.1 cm³/mol. The molecule has 4 nitrogen and oxygen atoms in total. The number of alkyl halides is 2. The van der Waals surface area contributed by atoms with Gasteiger partial charge >= 0.3 is 5.97 Å². The second-order valence-electron chi connectivity index (χ2n) is 5.19. The van der Waals surface area contributed by atoms with Crippen molar-refractivity contribution >= 4 is 5.97 Å². The van der Waals surface area contributed by atoms with E-state index >= 15 is 0 Å². The highest BCUT2D eigenvalue weighted by Crippen LogP contribution is 2.16. The number of likely N-dealkylation sites (N-methyl/N-ethyl adjacent to an activating group) is 1. The minimum Gasteiger partial charge on any atom is -0.465 e. The molecule has 6 heteroatoms. The van der Waals surface area contributed by atoms with E-state index in [9.17, 15) is 13.6 Å². The van der Waals surface area contributed by atoms with Crippen LogP contribution >= 0.6 is 0 Å². The van der Waals surface area contributed by atoms with Crippen molar-refractivity contribution in [1.29, 1.82) is 0 Å². The van der Waals surface area contributed by atoms with E-state index in [0.717, 1.165) is 12.8 Å². The first-order valence-corrected chi connectivity index (χ1v) is 7.24. The summed E-state index contributed by atoms with van der Waals surface area (Å²) in [5, 5.41) is 3.16. The molecule has 0 amide bonds. The van der Waals surface area contributed by atoms with Crippen LogP contribution < -0.4 is 5.32 Å². The van der Waals surface area contributed by atoms with Gasteiger partial charge in [0.05, 0.1) is 13.2 Å². The average molecular weight is 294 g/mol. The molecule has 0 saturated heterocycles. The molecule has 1 unspecified atom stereocenters. The molecule has 0 heterocycles. The molecule has 0 aliphatic rings. The Labute approximate surface area is 120 Å². The van der Waals surface area contributed by atoms with E-state index in [2.05, 4.69) is 5.32 Å². The summed E-state index contributed by atoms with van der Waals surface area (Å²) < 4.78 is 29.4. The van der Waals surface area contributed by atoms with Gasteiger partial charge in [0.25, 0.3) is 6.43 Å². The number of carbonyl (C=O) groups is 1. The lowest BCUT2D eigenvalue weighted by atomic mass is 9.94. The van der Waals surface area contributed by atoms with Gasteiger partial charge in [-0.25, -0.2) is 8.78 Å². The zero-order valence-corrected chi connectivity index (χ0v) is 13.0. The molecule has 0 aliphatic heterocycles. The molecule has 20 heavy (non-hydrogen) atoms. The first-order chi connectivity index (χ1) is 9.35. The molecule has 0 spiro atoms. The molecule has 0 aromatic heterocycles. The minimum absolute atomic E-state index is 0.206. The molecule has 0 radical (unpaired) electrons. The van der Waals surface area contributed by atoms with Crippen molar-refractivity contribution in [3.05, 3.63) is 0 Å². The SMILES string of the molecule is CCNC(C)(CCCCN(C)CC(F)F)C(=O)OCC. The van der Waals surface area contributed by atoms with E-state index in [1.807, 2.05) is 13.8 Å². The summed E-state index contributed by atoms with van der Waals surface area (Å²) in [6.45, 7) is 6.99. The summed E-state index contributed by atoms with van der Waals surface area (Å²) in [4.78, 5) is 13.5. The standard InChI is InChI=1S/C14H28F2N2O2/c1-5-17-14(3,13(19)20-6-2)9-7-8-10-18(4)11-12(15)16/h12,17H,5-11H2,1-4H3. The molecular formula is C14H28F2N2O2. The van der Waals surface area contributed by atoms with Crippen LogP contribution in [0.25, 0.3) is 0 Å². The van der Waals surface area contributed by atoms with Gasteiger partial charge < -0.3 is 15.0 Å². The Morgan fingerprint density at radius 2 is 2.00 bits per heavy atom. The predicted octanol–water partition coefficient (Wildman–Crippen LogP) is 2.28. The third-order valence-electron chi connectivity index (χ3n) is 3.21. The molecule has 0 rings (SSSR count). The van der Waals surface area contributed by atoms with Crippen LogP contribution in [0.15, 0.2) is 0 Å². The van der Waals surface area contributed by atoms with E-state index in [-0.39, 0.29) is 12.5 Å². The molecule has 120 valence electrons. The van der Waals surface area contributed by atoms with Crippen molar-refractivity contribution in [3.8, 4) is 0 Å². The van der Waals surface area contributed by atoms with Gasteiger partial charge in [0, 0.05) is 0 Å². The number of hydrogen-bond acceptors (Lipinski definition) is 4. The van der Waals surface area contributed by atoms with Crippen molar-refractivity contribution in [3.63, 3.8) is 0 Å². The largest absolute Gasteiger partial charge is 0.465 e. The van der Waals surface area contributed by atoms with Crippen molar-refractivity contribution in [1.82, 2.24) is 10.2 Å². The number of rotatable bonds is 11. The van der Waals surface area contributed by atoms with Crippen molar-refractivity contribution in [2.24, 2.45) is 0 Å². The Morgan fingerprint density at radius 3 is 2.50 bits per heavy atom. The normalized spacial score (nSPS) is 14.6. The van der Waals surface area contributed by atoms with Gasteiger partial charge in [-0.05, 0) is 53.2 Å². The van der Waals surface area contributed by atoms with E-state index in [1.54, 1.807) is 18.9 Å². The first-order valence-electron chi connectivity index (χ1n) is 7.24. The lowest BCUT2D eigenvalue weighted by molar-refractivity contribution is -0.150. The fourth-order valence-electron chi connectivity index (χ4n) is 2.13. The quantitative estimate of drug-likeness (QED) is 0.469. The molecule has 0 saturated carbocycles. The topological polar surface area (TPSA) is 41.6 Å². The second kappa shape index (κ2) is 10.0. The number of hydrogen-bond donors (Lipinski definition) is 1. The summed E-state index contributed by atoms with van der Waals surface area (Å²) in [5.41, 5.74) is -0.688. The number of nitrogens with zero attached hydrogens (tertiary/aromatic N) is 1. The van der Waals surface area contributed by atoms with Gasteiger partial charge in [0.1, 0.15) is 5.54 Å². The van der Waals surface area contributed by atoms with Gasteiger partial charge in [0.15, 0.2) is 0 Å². The molecule has 0 aromatic rings. The van der Waals surface area contributed by atoms with Crippen LogP contribution in [0, 0.1) is 0 Å². The molecular weight excluding hydrogens is 266 g/mol. The number of unbranched alkanes of at least 4 members (excludes halogenated alkanes) is 1. The van der Waals surface area contributed by atoms with Crippen molar-refractivity contribution in [2.75, 3.05) is 33.3 Å². The van der Waals surface area contributed by atoms with Crippen LogP contribution in [-0.2, 0) is 9.53 Å². The van der Waals surface area contributed by atoms with Crippen LogP contribution in [0.1, 0.15) is 40.0 Å². The monoisotopic (exact) mass is 294 g/mol. The van der Waals surface area contributed by atoms with Gasteiger partial charge in [0.2, 0.25) is 0 Å². The average Bonchev–Trinajstić information content (AvgIpc) is 2.34. The highest BCUT2D eigenvalue weighted by atomic mass is 19.3. The second-order valence-corrected chi connectivity index (χ2v) is 5.19. The number of carbonyl (C=O) groups excluding carboxylic acids is 1. The highest BCUT2D eigenvalue weighted by Gasteiger charge is 2.32. The maximum absolute atomic E-state index is 12.2. The molecule has 0 fully saturated rings. The maximum atomic E-state index is 12.2. The van der Waals surface area contributed by atoms with Gasteiger partial charge in [-0.2, -0.15) is 0 Å². The fourth-order valence-corrected chi connectivity index (χ4v) is 2.13. The zero-order valence-electron chi connectivity index (χ0n) is 13.0. The van der Waals surface area contributed by atoms with Gasteiger partial charge in [-0.15, -0.1) is 0 Å². The van der Waals surface area contributed by atoms with E-state index in [0.29, 0.717) is 26.1 Å². The minimum atomic E-state index is -2.30. The van der Waals surface area contributed by atoms with E-state index in [1.165, 1.54) is 0 Å². The van der Waals surface area contributed by atoms with Crippen LogP contribution in [0.4, 0.5) is 8.78 Å². The van der Waals surface area contributed by atoms with Crippen LogP contribution in [0.3, 0.4) is 0 Å². The maximum Gasteiger partial charge on any atom is 0.326 e. The Kier molecular flexibility index (Phi) is 9.67. The molecule has 0 aliphatic carbocycles. The summed E-state index contributed by atoms with van der Waals surface area (Å²) in [5.74, 6) is -0.247. The fraction of sp³-hybridized carbons (Fsp3) is 0.929. The number of ether oxygens (including phenoxy) is 1. The van der Waals surface area contributed by atoms with Crippen LogP contribution in [-0.4, -0.2) is 56.1 Å². The van der Waals surface area contributed by atoms with E-state index < -0.39 is 12.0 Å². The molecule has 0 bridgehead atoms. The number of nitrogens with one attached hydrogen (secondary N) is 1. The Balaban J connectivity index is 4.12. The lowest BCUT2D eigenvalue weighted by Gasteiger charge is -2.28. The zero-order chi connectivity index (χ0) is 15.6. The Bertz CT molecular complexity index is 278. The van der Waals surface area contributed by atoms with Crippen molar-refractivity contribution in [2.45, 2.75) is 52.0 Å². The third-order valence-corrected chi connectivity index (χ3v) is 3.21. The van der Waals surface area contributed by atoms with E-state index in [4.69, 9.17) is 4.74 Å². The highest BCUT2D eigenvalue weighted by molar-refractivity contribution is 5.80. The third kappa shape index (κ3) is 7.75. The van der Waals surface area contributed by atoms with Crippen molar-refractivity contribution < 1.29 is 18.3 Å². The van der Waals surface area contributed by atoms with Crippen LogP contribution in [0.5, 0.6) is 0 Å². The smallest absolute Gasteiger partial charge is 0.326 e.